The molecule has 1 atom stereocenters. The fraction of sp³-hybridized carbons (Fsp3) is 1.00. The third-order valence-electron chi connectivity index (χ3n) is 2.36. The molecule has 1 spiro atoms. The molecule has 2 rings (SSSR count). The first kappa shape index (κ1) is 6.62. The highest BCUT2D eigenvalue weighted by Gasteiger charge is 2.41. The lowest BCUT2D eigenvalue weighted by molar-refractivity contribution is -0.159. The molecule has 1 heterocycles. The van der Waals surface area contributed by atoms with Crippen LogP contribution in [0.5, 0.6) is 0 Å². The number of ether oxygens (including phenoxy) is 2. The molecule has 2 fully saturated rings. The molecule has 0 radical (unpaired) electrons. The Labute approximate surface area is 61.5 Å². The molecule has 0 aromatic rings. The Morgan fingerprint density at radius 1 is 1.30 bits per heavy atom. The summed E-state index contributed by atoms with van der Waals surface area (Å²) in [4.78, 5) is 0. The predicted molar refractivity (Wildman–Crippen MR) is 37.7 cm³/mol. The quantitative estimate of drug-likeness (QED) is 0.512. The van der Waals surface area contributed by atoms with Gasteiger partial charge in [-0.2, -0.15) is 0 Å². The maximum Gasteiger partial charge on any atom is 0.168 e. The molecular weight excluding hydrogens is 128 g/mol. The van der Waals surface area contributed by atoms with Gasteiger partial charge in [-0.1, -0.05) is 0 Å². The fourth-order valence-electron chi connectivity index (χ4n) is 1.88. The van der Waals surface area contributed by atoms with Crippen molar-refractivity contribution in [1.29, 1.82) is 0 Å². The Bertz CT molecular complexity index is 127. The smallest absolute Gasteiger partial charge is 0.168 e. The largest absolute Gasteiger partial charge is 0.347 e. The Kier molecular flexibility index (Phi) is 1.46. The maximum absolute atomic E-state index is 5.69. The van der Waals surface area contributed by atoms with Crippen molar-refractivity contribution in [3.05, 3.63) is 0 Å². The molecule has 1 saturated heterocycles. The van der Waals surface area contributed by atoms with Crippen molar-refractivity contribution in [3.63, 3.8) is 0 Å². The molecule has 1 saturated carbocycles. The molecule has 0 amide bonds. The molecule has 2 heteroatoms. The summed E-state index contributed by atoms with van der Waals surface area (Å²) in [7, 11) is 0. The van der Waals surface area contributed by atoms with Crippen LogP contribution < -0.4 is 0 Å². The third-order valence-corrected chi connectivity index (χ3v) is 2.36. The van der Waals surface area contributed by atoms with Crippen molar-refractivity contribution in [1.82, 2.24) is 0 Å². The molecule has 2 nitrogen and oxygen atoms in total. The third kappa shape index (κ3) is 0.956. The van der Waals surface area contributed by atoms with E-state index in [-0.39, 0.29) is 5.79 Å². The van der Waals surface area contributed by atoms with E-state index in [4.69, 9.17) is 9.47 Å². The van der Waals surface area contributed by atoms with Gasteiger partial charge in [0, 0.05) is 12.8 Å². The van der Waals surface area contributed by atoms with Crippen LogP contribution in [0.15, 0.2) is 0 Å². The molecular formula is C8H14O2. The van der Waals surface area contributed by atoms with E-state index in [2.05, 4.69) is 6.92 Å². The van der Waals surface area contributed by atoms with Gasteiger partial charge in [-0.3, -0.25) is 0 Å². The summed E-state index contributed by atoms with van der Waals surface area (Å²) in [5.74, 6) is -0.139. The normalized spacial score (nSPS) is 37.5. The van der Waals surface area contributed by atoms with E-state index in [9.17, 15) is 0 Å². The van der Waals surface area contributed by atoms with Gasteiger partial charge in [-0.25, -0.2) is 0 Å². The number of hydrogen-bond donors (Lipinski definition) is 0. The highest BCUT2D eigenvalue weighted by atomic mass is 16.7. The summed E-state index contributed by atoms with van der Waals surface area (Å²) in [6, 6.07) is 0. The second kappa shape index (κ2) is 2.21. The van der Waals surface area contributed by atoms with Crippen LogP contribution in [0.1, 0.15) is 32.6 Å². The van der Waals surface area contributed by atoms with Crippen molar-refractivity contribution >= 4 is 0 Å². The maximum atomic E-state index is 5.69. The standard InChI is InChI=1S/C8H14O2/c1-7-6-9-8(10-7)4-2-3-5-8/h7H,2-6H2,1H3. The van der Waals surface area contributed by atoms with E-state index < -0.39 is 0 Å². The van der Waals surface area contributed by atoms with Gasteiger partial charge in [-0.15, -0.1) is 0 Å². The lowest BCUT2D eigenvalue weighted by Gasteiger charge is -2.20. The van der Waals surface area contributed by atoms with E-state index in [0.29, 0.717) is 6.10 Å². The van der Waals surface area contributed by atoms with Crippen LogP contribution in [0.2, 0.25) is 0 Å². The number of rotatable bonds is 0. The summed E-state index contributed by atoms with van der Waals surface area (Å²) < 4.78 is 11.3. The van der Waals surface area contributed by atoms with Crippen LogP contribution >= 0.6 is 0 Å². The minimum atomic E-state index is -0.139. The highest BCUT2D eigenvalue weighted by Crippen LogP contribution is 2.38. The zero-order chi connectivity index (χ0) is 7.03. The molecule has 0 aromatic heterocycles. The first-order valence-corrected chi connectivity index (χ1v) is 4.13. The molecule has 1 aliphatic carbocycles. The second-order valence-corrected chi connectivity index (χ2v) is 3.36. The van der Waals surface area contributed by atoms with E-state index in [0.717, 1.165) is 19.4 Å². The van der Waals surface area contributed by atoms with Crippen LogP contribution in [0.4, 0.5) is 0 Å². The Morgan fingerprint density at radius 2 is 2.00 bits per heavy atom. The minimum Gasteiger partial charge on any atom is -0.347 e. The Morgan fingerprint density at radius 3 is 2.50 bits per heavy atom. The SMILES string of the molecule is CC1COC2(CCCC2)O1. The molecule has 0 N–H and O–H groups in total. The van der Waals surface area contributed by atoms with Crippen molar-refractivity contribution < 1.29 is 9.47 Å². The van der Waals surface area contributed by atoms with Crippen molar-refractivity contribution in [3.8, 4) is 0 Å². The van der Waals surface area contributed by atoms with Gasteiger partial charge in [0.2, 0.25) is 0 Å². The molecule has 1 unspecified atom stereocenters. The summed E-state index contributed by atoms with van der Waals surface area (Å²) in [6.45, 7) is 2.87. The van der Waals surface area contributed by atoms with Gasteiger partial charge >= 0.3 is 0 Å². The lowest BCUT2D eigenvalue weighted by Crippen LogP contribution is -2.25. The fourth-order valence-corrected chi connectivity index (χ4v) is 1.88. The van der Waals surface area contributed by atoms with E-state index in [1.165, 1.54) is 12.8 Å². The summed E-state index contributed by atoms with van der Waals surface area (Å²) in [5.41, 5.74) is 0. The molecule has 10 heavy (non-hydrogen) atoms. The minimum absolute atomic E-state index is 0.139. The topological polar surface area (TPSA) is 18.5 Å². The van der Waals surface area contributed by atoms with Gasteiger partial charge in [0.25, 0.3) is 0 Å². The molecule has 2 aliphatic rings. The van der Waals surface area contributed by atoms with E-state index >= 15 is 0 Å². The van der Waals surface area contributed by atoms with Crippen LogP contribution in [0, 0.1) is 0 Å². The zero-order valence-electron chi connectivity index (χ0n) is 6.43. The molecule has 1 aliphatic heterocycles. The summed E-state index contributed by atoms with van der Waals surface area (Å²) in [5, 5.41) is 0. The van der Waals surface area contributed by atoms with Gasteiger partial charge in [0.05, 0.1) is 12.7 Å². The first-order valence-electron chi connectivity index (χ1n) is 4.13. The predicted octanol–water partition coefficient (Wildman–Crippen LogP) is 1.69. The van der Waals surface area contributed by atoms with Gasteiger partial charge in [0.1, 0.15) is 0 Å². The van der Waals surface area contributed by atoms with Crippen molar-refractivity contribution in [2.75, 3.05) is 6.61 Å². The average molecular weight is 142 g/mol. The molecule has 58 valence electrons. The highest BCUT2D eigenvalue weighted by molar-refractivity contribution is 4.82. The first-order chi connectivity index (χ1) is 4.81. The zero-order valence-corrected chi connectivity index (χ0v) is 6.43. The monoisotopic (exact) mass is 142 g/mol. The Balaban J connectivity index is 2.03. The van der Waals surface area contributed by atoms with E-state index in [1.54, 1.807) is 0 Å². The van der Waals surface area contributed by atoms with Gasteiger partial charge in [0.15, 0.2) is 5.79 Å². The molecule has 0 aromatic carbocycles. The van der Waals surface area contributed by atoms with Crippen LogP contribution in [0.3, 0.4) is 0 Å². The van der Waals surface area contributed by atoms with Crippen LogP contribution in [-0.4, -0.2) is 18.5 Å². The van der Waals surface area contributed by atoms with Crippen LogP contribution in [0.25, 0.3) is 0 Å². The number of hydrogen-bond acceptors (Lipinski definition) is 2. The van der Waals surface area contributed by atoms with Crippen molar-refractivity contribution in [2.45, 2.75) is 44.5 Å². The summed E-state index contributed by atoms with van der Waals surface area (Å²) >= 11 is 0. The lowest BCUT2D eigenvalue weighted by atomic mass is 10.2. The van der Waals surface area contributed by atoms with Crippen LogP contribution in [-0.2, 0) is 9.47 Å². The van der Waals surface area contributed by atoms with Gasteiger partial charge in [-0.05, 0) is 19.8 Å². The second-order valence-electron chi connectivity index (χ2n) is 3.36. The average Bonchev–Trinajstić information content (AvgIpc) is 2.46. The van der Waals surface area contributed by atoms with E-state index in [1.807, 2.05) is 0 Å². The van der Waals surface area contributed by atoms with Crippen molar-refractivity contribution in [2.24, 2.45) is 0 Å². The summed E-state index contributed by atoms with van der Waals surface area (Å²) in [6.07, 6.45) is 5.08. The molecule has 0 bridgehead atoms. The Hall–Kier alpha value is -0.0800. The van der Waals surface area contributed by atoms with Gasteiger partial charge < -0.3 is 9.47 Å².